The van der Waals surface area contributed by atoms with Crippen LogP contribution in [0, 0.1) is 5.82 Å². The molecule has 0 saturated heterocycles. The Bertz CT molecular complexity index is 2220. The molecule has 50 heavy (non-hydrogen) atoms. The van der Waals surface area contributed by atoms with E-state index in [0.717, 1.165) is 21.5 Å². The number of nitrogens with one attached hydrogen (secondary N) is 1. The molecule has 1 aliphatic heterocycles. The van der Waals surface area contributed by atoms with Gasteiger partial charge in [-0.05, 0) is 53.6 Å². The van der Waals surface area contributed by atoms with E-state index in [9.17, 15) is 27.5 Å². The number of phenolic OH excluding ortho intramolecular Hbond substituents is 1. The number of benzodiazepines with no additional fused rings is 1. The second kappa shape index (κ2) is 14.4. The Balaban J connectivity index is 1.27. The van der Waals surface area contributed by atoms with Crippen LogP contribution in [0.4, 0.5) is 10.1 Å². The number of aromatic hydroxyl groups is 1. The van der Waals surface area contributed by atoms with Crippen LogP contribution in [0.5, 0.6) is 5.75 Å². The standard InChI is InChI=1S/C37H29Cl2FN4O5S/c1-43-31-10-6-5-9-29(31)33(25-7-3-2-4-8-25)41-35(37(43)47)42-36(46)26-15-11-23(12-16-26)21-44(22-24-13-17-28(40)18-14-24)50(48,49)32-20-27(38)19-30(39)34(32)45/h2-20,35,45H,21-22H2,1H3,(H,42,46)/t35-/m0/s1. The number of nitrogens with zero attached hydrogens (tertiary/aromatic N) is 3. The molecule has 0 bridgehead atoms. The van der Waals surface area contributed by atoms with Crippen LogP contribution in [0.2, 0.25) is 10.0 Å². The first-order valence-corrected chi connectivity index (χ1v) is 17.4. The highest BCUT2D eigenvalue weighted by Crippen LogP contribution is 2.36. The fourth-order valence-electron chi connectivity index (χ4n) is 5.51. The van der Waals surface area contributed by atoms with E-state index in [1.165, 1.54) is 47.4 Å². The van der Waals surface area contributed by atoms with E-state index in [1.54, 1.807) is 19.2 Å². The Kier molecular flexibility index (Phi) is 10.0. The Morgan fingerprint density at radius 3 is 2.16 bits per heavy atom. The molecule has 0 saturated carbocycles. The van der Waals surface area contributed by atoms with E-state index >= 15 is 0 Å². The van der Waals surface area contributed by atoms with Gasteiger partial charge in [-0.25, -0.2) is 17.8 Å². The Morgan fingerprint density at radius 2 is 1.50 bits per heavy atom. The molecule has 0 aromatic heterocycles. The SMILES string of the molecule is CN1C(=O)[C@H](NC(=O)c2ccc(CN(Cc3ccc(F)cc3)S(=O)(=O)c3cc(Cl)cc(Cl)c3O)cc2)N=C(c2ccccc2)c2ccccc21. The smallest absolute Gasteiger partial charge is 0.272 e. The molecule has 0 unspecified atom stereocenters. The van der Waals surface area contributed by atoms with Crippen molar-refractivity contribution in [3.05, 3.63) is 159 Å². The lowest BCUT2D eigenvalue weighted by molar-refractivity contribution is -0.119. The highest BCUT2D eigenvalue weighted by Gasteiger charge is 2.32. The second-order valence-corrected chi connectivity index (χ2v) is 14.2. The van der Waals surface area contributed by atoms with Crippen LogP contribution in [0.1, 0.15) is 32.6 Å². The highest BCUT2D eigenvalue weighted by atomic mass is 35.5. The molecule has 2 N–H and O–H groups in total. The van der Waals surface area contributed by atoms with Crippen LogP contribution in [0.3, 0.4) is 0 Å². The molecule has 6 rings (SSSR count). The largest absolute Gasteiger partial charge is 0.505 e. The summed E-state index contributed by atoms with van der Waals surface area (Å²) in [5.41, 5.74) is 3.89. The predicted molar refractivity (Wildman–Crippen MR) is 191 cm³/mol. The molecule has 13 heteroatoms. The molecule has 2 amide bonds. The minimum Gasteiger partial charge on any atom is -0.505 e. The molecule has 9 nitrogen and oxygen atoms in total. The van der Waals surface area contributed by atoms with Crippen LogP contribution >= 0.6 is 23.2 Å². The second-order valence-electron chi connectivity index (χ2n) is 11.5. The van der Waals surface area contributed by atoms with Gasteiger partial charge in [0.25, 0.3) is 11.8 Å². The van der Waals surface area contributed by atoms with Gasteiger partial charge in [-0.3, -0.25) is 9.59 Å². The lowest BCUT2D eigenvalue weighted by Crippen LogP contribution is -2.46. The number of sulfonamides is 1. The Labute approximate surface area is 298 Å². The van der Waals surface area contributed by atoms with Crippen LogP contribution in [0.15, 0.2) is 125 Å². The number of hydrogen-bond donors (Lipinski definition) is 2. The maximum atomic E-state index is 13.9. The summed E-state index contributed by atoms with van der Waals surface area (Å²) in [4.78, 5) is 32.7. The zero-order valence-corrected chi connectivity index (χ0v) is 28.8. The highest BCUT2D eigenvalue weighted by molar-refractivity contribution is 7.89. The van der Waals surface area contributed by atoms with Crippen LogP contribution in [-0.2, 0) is 27.9 Å². The van der Waals surface area contributed by atoms with Crippen molar-refractivity contribution in [2.75, 3.05) is 11.9 Å². The van der Waals surface area contributed by atoms with Crippen LogP contribution in [0.25, 0.3) is 0 Å². The first-order valence-electron chi connectivity index (χ1n) is 15.2. The average molecular weight is 732 g/mol. The normalized spacial score (nSPS) is 14.6. The number of phenols is 1. The Hall–Kier alpha value is -5.07. The molecule has 1 aliphatic rings. The minimum atomic E-state index is -4.41. The molecule has 1 heterocycles. The molecule has 5 aromatic rings. The molecule has 0 radical (unpaired) electrons. The summed E-state index contributed by atoms with van der Waals surface area (Å²) in [5.74, 6) is -2.15. The third kappa shape index (κ3) is 7.26. The molecule has 0 fully saturated rings. The molecule has 5 aromatic carbocycles. The fourth-order valence-corrected chi connectivity index (χ4v) is 7.67. The zero-order chi connectivity index (χ0) is 35.6. The number of benzene rings is 5. The Morgan fingerprint density at radius 1 is 0.900 bits per heavy atom. The summed E-state index contributed by atoms with van der Waals surface area (Å²) in [6.45, 7) is -0.379. The van der Waals surface area contributed by atoms with E-state index in [2.05, 4.69) is 5.32 Å². The van der Waals surface area contributed by atoms with Crippen molar-refractivity contribution in [3.8, 4) is 5.75 Å². The summed E-state index contributed by atoms with van der Waals surface area (Å²) in [6, 6.07) is 30.5. The molecule has 0 spiro atoms. The van der Waals surface area contributed by atoms with Crippen molar-refractivity contribution in [2.45, 2.75) is 24.2 Å². The van der Waals surface area contributed by atoms with Gasteiger partial charge in [0.05, 0.1) is 16.4 Å². The third-order valence-electron chi connectivity index (χ3n) is 8.12. The molecule has 1 atom stereocenters. The van der Waals surface area contributed by atoms with Gasteiger partial charge in [-0.15, -0.1) is 0 Å². The van der Waals surface area contributed by atoms with Crippen LogP contribution < -0.4 is 10.2 Å². The first kappa shape index (κ1) is 34.8. The summed E-state index contributed by atoms with van der Waals surface area (Å²) in [7, 11) is -2.78. The minimum absolute atomic E-state index is 0.00548. The van der Waals surface area contributed by atoms with E-state index in [-0.39, 0.29) is 28.7 Å². The molecular formula is C37H29Cl2FN4O5S. The van der Waals surface area contributed by atoms with Crippen molar-refractivity contribution in [3.63, 3.8) is 0 Å². The summed E-state index contributed by atoms with van der Waals surface area (Å²) in [5, 5.41) is 13.1. The maximum Gasteiger partial charge on any atom is 0.272 e. The first-order chi connectivity index (χ1) is 23.9. The number of halogens is 3. The number of rotatable bonds is 9. The van der Waals surface area contributed by atoms with Crippen molar-refractivity contribution in [1.82, 2.24) is 9.62 Å². The predicted octanol–water partition coefficient (Wildman–Crippen LogP) is 6.80. The van der Waals surface area contributed by atoms with Gasteiger partial charge in [0.15, 0.2) is 5.75 Å². The topological polar surface area (TPSA) is 119 Å². The van der Waals surface area contributed by atoms with Gasteiger partial charge in [-0.1, -0.05) is 96.0 Å². The number of aliphatic imine (C=N–C) groups is 1. The van der Waals surface area contributed by atoms with Gasteiger partial charge in [0.1, 0.15) is 10.7 Å². The average Bonchev–Trinajstić information content (AvgIpc) is 3.21. The number of likely N-dealkylation sites (N-methyl/N-ethyl adjacent to an activating group) is 1. The van der Waals surface area contributed by atoms with Gasteiger partial charge >= 0.3 is 0 Å². The number of hydrogen-bond acceptors (Lipinski definition) is 6. The third-order valence-corrected chi connectivity index (χ3v) is 10.4. The van der Waals surface area contributed by atoms with Gasteiger partial charge in [0.2, 0.25) is 16.2 Å². The number of carbonyl (C=O) groups excluding carboxylic acids is 2. The zero-order valence-electron chi connectivity index (χ0n) is 26.4. The van der Waals surface area contributed by atoms with E-state index in [1.807, 2.05) is 54.6 Å². The number of carbonyl (C=O) groups is 2. The quantitative estimate of drug-likeness (QED) is 0.173. The fraction of sp³-hybridized carbons (Fsp3) is 0.108. The van der Waals surface area contributed by atoms with E-state index in [4.69, 9.17) is 28.2 Å². The lowest BCUT2D eigenvalue weighted by atomic mass is 10.0. The van der Waals surface area contributed by atoms with Crippen molar-refractivity contribution in [1.29, 1.82) is 0 Å². The van der Waals surface area contributed by atoms with Crippen LogP contribution in [-0.4, -0.2) is 48.6 Å². The lowest BCUT2D eigenvalue weighted by Gasteiger charge is -2.23. The molecular weight excluding hydrogens is 702 g/mol. The van der Waals surface area contributed by atoms with Gasteiger partial charge in [0, 0.05) is 41.9 Å². The summed E-state index contributed by atoms with van der Waals surface area (Å²) in [6.07, 6.45) is -1.23. The number of amides is 2. The number of para-hydroxylation sites is 1. The molecule has 254 valence electrons. The van der Waals surface area contributed by atoms with Crippen molar-refractivity contribution >= 4 is 56.4 Å². The monoisotopic (exact) mass is 730 g/mol. The summed E-state index contributed by atoms with van der Waals surface area (Å²) < 4.78 is 42.5. The van der Waals surface area contributed by atoms with E-state index in [0.29, 0.717) is 22.5 Å². The molecule has 0 aliphatic carbocycles. The maximum absolute atomic E-state index is 13.9. The van der Waals surface area contributed by atoms with E-state index < -0.39 is 44.5 Å². The summed E-state index contributed by atoms with van der Waals surface area (Å²) >= 11 is 12.1. The van der Waals surface area contributed by atoms with Gasteiger partial charge < -0.3 is 15.3 Å². The number of fused-ring (bicyclic) bond motifs is 1. The number of anilines is 1. The van der Waals surface area contributed by atoms with Crippen molar-refractivity contribution in [2.24, 2.45) is 4.99 Å². The van der Waals surface area contributed by atoms with Gasteiger partial charge in [-0.2, -0.15) is 4.31 Å². The van der Waals surface area contributed by atoms with Crippen molar-refractivity contribution < 1.29 is 27.5 Å².